The largest absolute Gasteiger partial charge is 0.340 e. The molecule has 0 spiro atoms. The lowest BCUT2D eigenvalue weighted by Crippen LogP contribution is -2.49. The van der Waals surface area contributed by atoms with Crippen LogP contribution in [0.1, 0.15) is 28.0 Å². The smallest absolute Gasteiger partial charge is 0.227 e. The average Bonchev–Trinajstić information content (AvgIpc) is 3.22. The van der Waals surface area contributed by atoms with E-state index in [1.165, 1.54) is 16.0 Å². The minimum atomic E-state index is 0.199. The van der Waals surface area contributed by atoms with Crippen molar-refractivity contribution in [2.24, 2.45) is 0 Å². The molecule has 2 aliphatic rings. The zero-order chi connectivity index (χ0) is 20.2. The second kappa shape index (κ2) is 9.09. The van der Waals surface area contributed by atoms with Crippen molar-refractivity contribution in [3.05, 3.63) is 57.3 Å². The van der Waals surface area contributed by atoms with Crippen LogP contribution in [0.3, 0.4) is 0 Å². The molecule has 0 unspecified atom stereocenters. The lowest BCUT2D eigenvalue weighted by atomic mass is 10.1. The highest BCUT2D eigenvalue weighted by Crippen LogP contribution is 2.24. The number of nitrogens with zero attached hydrogens (tertiary/aromatic N) is 3. The molecule has 29 heavy (non-hydrogen) atoms. The Bertz CT molecular complexity index is 853. The van der Waals surface area contributed by atoms with Gasteiger partial charge in [-0.3, -0.25) is 14.5 Å². The number of benzene rings is 1. The fourth-order valence-electron chi connectivity index (χ4n) is 4.09. The van der Waals surface area contributed by atoms with Gasteiger partial charge >= 0.3 is 0 Å². The molecule has 1 saturated heterocycles. The molecule has 4 rings (SSSR count). The van der Waals surface area contributed by atoms with E-state index in [4.69, 9.17) is 0 Å². The fraction of sp³-hybridized carbons (Fsp3) is 0.478. The Morgan fingerprint density at radius 1 is 0.931 bits per heavy atom. The van der Waals surface area contributed by atoms with Crippen LogP contribution < -0.4 is 0 Å². The molecule has 154 valence electrons. The molecule has 2 aromatic rings. The van der Waals surface area contributed by atoms with Crippen LogP contribution in [-0.2, 0) is 29.0 Å². The Morgan fingerprint density at radius 2 is 1.69 bits per heavy atom. The van der Waals surface area contributed by atoms with Crippen LogP contribution in [0.2, 0.25) is 0 Å². The molecule has 1 aromatic heterocycles. The van der Waals surface area contributed by atoms with E-state index >= 15 is 0 Å². The van der Waals surface area contributed by atoms with Crippen molar-refractivity contribution in [2.45, 2.75) is 32.7 Å². The molecule has 2 aliphatic heterocycles. The number of hydrogen-bond donors (Lipinski definition) is 0. The molecule has 0 aliphatic carbocycles. The molecular weight excluding hydrogens is 382 g/mol. The highest BCUT2D eigenvalue weighted by molar-refractivity contribution is 7.10. The van der Waals surface area contributed by atoms with Crippen LogP contribution in [0.15, 0.2) is 35.7 Å². The van der Waals surface area contributed by atoms with E-state index in [1.807, 2.05) is 21.9 Å². The van der Waals surface area contributed by atoms with Crippen molar-refractivity contribution >= 4 is 23.2 Å². The molecule has 0 atom stereocenters. The molecule has 0 saturated carbocycles. The van der Waals surface area contributed by atoms with Crippen LogP contribution in [-0.4, -0.2) is 65.8 Å². The summed E-state index contributed by atoms with van der Waals surface area (Å²) in [5.74, 6) is 0.448. The monoisotopic (exact) mass is 411 g/mol. The van der Waals surface area contributed by atoms with E-state index in [2.05, 4.69) is 35.4 Å². The van der Waals surface area contributed by atoms with Crippen molar-refractivity contribution in [1.82, 2.24) is 14.7 Å². The van der Waals surface area contributed by atoms with Gasteiger partial charge in [-0.05, 0) is 35.9 Å². The summed E-state index contributed by atoms with van der Waals surface area (Å²) >= 11 is 1.80. The van der Waals surface area contributed by atoms with Gasteiger partial charge in [0.25, 0.3) is 0 Å². The summed E-state index contributed by atoms with van der Waals surface area (Å²) in [7, 11) is 0. The first-order valence-electron chi connectivity index (χ1n) is 10.5. The van der Waals surface area contributed by atoms with E-state index in [9.17, 15) is 9.59 Å². The minimum absolute atomic E-state index is 0.199. The second-order valence-corrected chi connectivity index (χ2v) is 9.07. The summed E-state index contributed by atoms with van der Waals surface area (Å²) in [6.07, 6.45) is 2.02. The molecule has 6 heteroatoms. The predicted molar refractivity (Wildman–Crippen MR) is 116 cm³/mol. The first-order chi connectivity index (χ1) is 14.1. The Balaban J connectivity index is 1.18. The van der Waals surface area contributed by atoms with E-state index in [1.54, 1.807) is 11.3 Å². The number of amides is 2. The highest BCUT2D eigenvalue weighted by Gasteiger charge is 2.24. The van der Waals surface area contributed by atoms with Gasteiger partial charge in [-0.25, -0.2) is 0 Å². The van der Waals surface area contributed by atoms with Crippen molar-refractivity contribution in [1.29, 1.82) is 0 Å². The molecule has 1 aromatic carbocycles. The fourth-order valence-corrected chi connectivity index (χ4v) is 4.98. The van der Waals surface area contributed by atoms with Gasteiger partial charge in [0.15, 0.2) is 0 Å². The zero-order valence-electron chi connectivity index (χ0n) is 17.1. The lowest BCUT2D eigenvalue weighted by Gasteiger charge is -2.35. The lowest BCUT2D eigenvalue weighted by molar-refractivity contribution is -0.134. The maximum absolute atomic E-state index is 12.6. The first-order valence-corrected chi connectivity index (χ1v) is 11.3. The molecule has 2 amide bonds. The molecule has 5 nitrogen and oxygen atoms in total. The molecular formula is C23H29N3O2S. The van der Waals surface area contributed by atoms with Gasteiger partial charge in [0, 0.05) is 57.1 Å². The average molecular weight is 412 g/mol. The van der Waals surface area contributed by atoms with Crippen LogP contribution in [0.25, 0.3) is 0 Å². The number of piperazine rings is 1. The van der Waals surface area contributed by atoms with E-state index in [0.717, 1.165) is 57.8 Å². The van der Waals surface area contributed by atoms with E-state index in [-0.39, 0.29) is 11.8 Å². The molecule has 0 N–H and O–H groups in total. The number of thiophene rings is 1. The van der Waals surface area contributed by atoms with Crippen LogP contribution >= 0.6 is 11.3 Å². The Kier molecular flexibility index (Phi) is 6.31. The van der Waals surface area contributed by atoms with Crippen molar-refractivity contribution in [3.8, 4) is 0 Å². The maximum Gasteiger partial charge on any atom is 0.227 e. The molecule has 1 fully saturated rings. The van der Waals surface area contributed by atoms with Crippen molar-refractivity contribution < 1.29 is 9.59 Å². The van der Waals surface area contributed by atoms with Gasteiger partial charge in [-0.2, -0.15) is 0 Å². The summed E-state index contributed by atoms with van der Waals surface area (Å²) in [6.45, 7) is 7.64. The number of rotatable bonds is 5. The quantitative estimate of drug-likeness (QED) is 0.760. The van der Waals surface area contributed by atoms with Gasteiger partial charge in [-0.15, -0.1) is 11.3 Å². The van der Waals surface area contributed by atoms with Gasteiger partial charge in [-0.1, -0.05) is 29.8 Å². The topological polar surface area (TPSA) is 43.9 Å². The highest BCUT2D eigenvalue weighted by atomic mass is 32.1. The van der Waals surface area contributed by atoms with Crippen molar-refractivity contribution in [3.63, 3.8) is 0 Å². The minimum Gasteiger partial charge on any atom is -0.340 e. The van der Waals surface area contributed by atoms with E-state index < -0.39 is 0 Å². The van der Waals surface area contributed by atoms with Gasteiger partial charge in [0.2, 0.25) is 11.8 Å². The third-order valence-corrected chi connectivity index (χ3v) is 7.03. The van der Waals surface area contributed by atoms with Crippen LogP contribution in [0.4, 0.5) is 0 Å². The number of carbonyl (C=O) groups excluding carboxylic acids is 2. The van der Waals surface area contributed by atoms with Gasteiger partial charge in [0.05, 0.1) is 6.42 Å². The normalized spacial score (nSPS) is 17.3. The third kappa shape index (κ3) is 5.06. The Morgan fingerprint density at radius 3 is 2.45 bits per heavy atom. The Labute approximate surface area is 176 Å². The Hall–Kier alpha value is -2.18. The SMILES string of the molecule is Cc1ccc(CC(=O)N2CCN(CCC(=O)N3CCc4sccc4C3)CC2)cc1. The molecule has 0 radical (unpaired) electrons. The van der Waals surface area contributed by atoms with Gasteiger partial charge in [0.1, 0.15) is 0 Å². The van der Waals surface area contributed by atoms with Crippen LogP contribution in [0, 0.1) is 6.92 Å². The first kappa shape index (κ1) is 20.1. The maximum atomic E-state index is 12.6. The third-order valence-electron chi connectivity index (χ3n) is 6.00. The summed E-state index contributed by atoms with van der Waals surface area (Å²) in [5.41, 5.74) is 3.60. The van der Waals surface area contributed by atoms with E-state index in [0.29, 0.717) is 12.8 Å². The zero-order valence-corrected chi connectivity index (χ0v) is 17.9. The van der Waals surface area contributed by atoms with Crippen LogP contribution in [0.5, 0.6) is 0 Å². The number of fused-ring (bicyclic) bond motifs is 1. The number of carbonyl (C=O) groups is 2. The summed E-state index contributed by atoms with van der Waals surface area (Å²) in [5, 5.41) is 2.12. The molecule has 3 heterocycles. The van der Waals surface area contributed by atoms with Gasteiger partial charge < -0.3 is 9.80 Å². The summed E-state index contributed by atoms with van der Waals surface area (Å²) in [4.78, 5) is 32.9. The predicted octanol–water partition coefficient (Wildman–Crippen LogP) is 2.72. The number of aryl methyl sites for hydroxylation is 1. The second-order valence-electron chi connectivity index (χ2n) is 8.07. The number of hydrogen-bond acceptors (Lipinski definition) is 4. The standard InChI is InChI=1S/C23H29N3O2S/c1-18-2-4-19(5-3-18)16-23(28)25-13-11-24(12-14-25)9-7-22(27)26-10-6-21-20(17-26)8-15-29-21/h2-5,8,15H,6-7,9-14,16-17H2,1H3. The summed E-state index contributed by atoms with van der Waals surface area (Å²) < 4.78 is 0. The molecule has 0 bridgehead atoms. The van der Waals surface area contributed by atoms with Crippen molar-refractivity contribution in [2.75, 3.05) is 39.3 Å². The summed E-state index contributed by atoms with van der Waals surface area (Å²) in [6, 6.07) is 10.3.